The first-order valence-electron chi connectivity index (χ1n) is 5.91. The van der Waals surface area contributed by atoms with E-state index in [-0.39, 0.29) is 5.06 Å². The van der Waals surface area contributed by atoms with Crippen molar-refractivity contribution >= 4 is 5.69 Å². The Kier molecular flexibility index (Phi) is 3.57. The van der Waals surface area contributed by atoms with Crippen LogP contribution in [0.1, 0.15) is 12.5 Å². The highest BCUT2D eigenvalue weighted by atomic mass is 16.5. The summed E-state index contributed by atoms with van der Waals surface area (Å²) in [5.41, 5.74) is 4.22. The Bertz CT molecular complexity index is 489. The smallest absolute Gasteiger partial charge is 0.138 e. The van der Waals surface area contributed by atoms with Gasteiger partial charge in [0.25, 0.3) is 0 Å². The van der Waals surface area contributed by atoms with E-state index in [0.717, 1.165) is 23.2 Å². The maximum atomic E-state index is 11.6. The Morgan fingerprint density at radius 3 is 2.24 bits per heavy atom. The lowest BCUT2D eigenvalue weighted by atomic mass is 10.0. The zero-order valence-electron chi connectivity index (χ0n) is 10.2. The molecule has 0 fully saturated rings. The SMILES string of the molecule is CCc1ccc(-c2ccccc2[NH+](C)[O-])cc1. The van der Waals surface area contributed by atoms with Crippen molar-refractivity contribution < 1.29 is 5.06 Å². The molecule has 0 aromatic heterocycles. The first-order valence-corrected chi connectivity index (χ1v) is 5.91. The summed E-state index contributed by atoms with van der Waals surface area (Å²) >= 11 is 0. The molecule has 0 aliphatic heterocycles. The molecule has 2 aromatic rings. The molecule has 0 saturated heterocycles. The van der Waals surface area contributed by atoms with Gasteiger partial charge in [-0.05, 0) is 29.7 Å². The monoisotopic (exact) mass is 227 g/mol. The molecule has 0 heterocycles. The predicted molar refractivity (Wildman–Crippen MR) is 71.2 cm³/mol. The number of rotatable bonds is 3. The van der Waals surface area contributed by atoms with Gasteiger partial charge in [0.05, 0.1) is 7.05 Å². The van der Waals surface area contributed by atoms with Gasteiger partial charge in [-0.25, -0.2) is 0 Å². The average Bonchev–Trinajstić information content (AvgIpc) is 2.39. The lowest BCUT2D eigenvalue weighted by Gasteiger charge is -2.19. The number of aryl methyl sites for hydroxylation is 1. The second-order valence-electron chi connectivity index (χ2n) is 4.15. The predicted octanol–water partition coefficient (Wildman–Crippen LogP) is 2.56. The summed E-state index contributed by atoms with van der Waals surface area (Å²) in [6.45, 7) is 2.14. The third kappa shape index (κ3) is 2.54. The zero-order valence-corrected chi connectivity index (χ0v) is 10.2. The fourth-order valence-electron chi connectivity index (χ4n) is 1.96. The van der Waals surface area contributed by atoms with Crippen LogP contribution in [0.25, 0.3) is 11.1 Å². The fraction of sp³-hybridized carbons (Fsp3) is 0.200. The Morgan fingerprint density at radius 2 is 1.65 bits per heavy atom. The normalized spacial score (nSPS) is 12.4. The molecule has 1 N–H and O–H groups in total. The largest absolute Gasteiger partial charge is 0.629 e. The summed E-state index contributed by atoms with van der Waals surface area (Å²) < 4.78 is 0. The van der Waals surface area contributed by atoms with Gasteiger partial charge in [-0.15, -0.1) is 0 Å². The quantitative estimate of drug-likeness (QED) is 0.802. The van der Waals surface area contributed by atoms with E-state index in [4.69, 9.17) is 0 Å². The van der Waals surface area contributed by atoms with E-state index in [0.29, 0.717) is 0 Å². The van der Waals surface area contributed by atoms with Gasteiger partial charge in [-0.3, -0.25) is 0 Å². The molecule has 2 aromatic carbocycles. The third-order valence-electron chi connectivity index (χ3n) is 2.98. The molecule has 0 aliphatic rings. The van der Waals surface area contributed by atoms with Crippen molar-refractivity contribution in [3.63, 3.8) is 0 Å². The third-order valence-corrected chi connectivity index (χ3v) is 2.98. The summed E-state index contributed by atoms with van der Waals surface area (Å²) in [5.74, 6) is 0. The summed E-state index contributed by atoms with van der Waals surface area (Å²) in [6.07, 6.45) is 1.04. The number of nitrogens with one attached hydrogen (secondary N) is 1. The van der Waals surface area contributed by atoms with E-state index in [1.54, 1.807) is 7.05 Å². The van der Waals surface area contributed by atoms with Crippen LogP contribution in [-0.4, -0.2) is 7.05 Å². The van der Waals surface area contributed by atoms with E-state index in [1.807, 2.05) is 24.3 Å². The summed E-state index contributed by atoms with van der Waals surface area (Å²) in [7, 11) is 1.61. The van der Waals surface area contributed by atoms with Crippen molar-refractivity contribution in [3.8, 4) is 11.1 Å². The molecule has 2 nitrogen and oxygen atoms in total. The fourth-order valence-corrected chi connectivity index (χ4v) is 1.96. The van der Waals surface area contributed by atoms with Crippen molar-refractivity contribution in [1.82, 2.24) is 0 Å². The molecule has 17 heavy (non-hydrogen) atoms. The number of hydroxylamine groups is 1. The zero-order chi connectivity index (χ0) is 12.3. The second-order valence-corrected chi connectivity index (χ2v) is 4.15. The van der Waals surface area contributed by atoms with Crippen LogP contribution >= 0.6 is 0 Å². The number of benzene rings is 2. The maximum Gasteiger partial charge on any atom is 0.138 e. The molecule has 2 heteroatoms. The van der Waals surface area contributed by atoms with Crippen molar-refractivity contribution in [3.05, 3.63) is 59.3 Å². The van der Waals surface area contributed by atoms with Gasteiger partial charge < -0.3 is 10.3 Å². The Hall–Kier alpha value is -1.64. The van der Waals surface area contributed by atoms with Crippen LogP contribution in [-0.2, 0) is 6.42 Å². The lowest BCUT2D eigenvalue weighted by Crippen LogP contribution is -2.98. The molecule has 0 bridgehead atoms. The van der Waals surface area contributed by atoms with Gasteiger partial charge in [-0.1, -0.05) is 43.3 Å². The highest BCUT2D eigenvalue weighted by Crippen LogP contribution is 2.25. The van der Waals surface area contributed by atoms with Crippen molar-refractivity contribution in [2.45, 2.75) is 13.3 Å². The van der Waals surface area contributed by atoms with Gasteiger partial charge in [0.15, 0.2) is 0 Å². The molecule has 2 rings (SSSR count). The van der Waals surface area contributed by atoms with Crippen molar-refractivity contribution in [1.29, 1.82) is 0 Å². The number of para-hydroxylation sites is 1. The van der Waals surface area contributed by atoms with Crippen LogP contribution in [0.2, 0.25) is 0 Å². The lowest BCUT2D eigenvalue weighted by molar-refractivity contribution is -0.751. The van der Waals surface area contributed by atoms with Crippen molar-refractivity contribution in [2.24, 2.45) is 0 Å². The minimum absolute atomic E-state index is 0.111. The molecule has 1 atom stereocenters. The van der Waals surface area contributed by atoms with Gasteiger partial charge in [0.2, 0.25) is 0 Å². The van der Waals surface area contributed by atoms with Crippen LogP contribution in [0, 0.1) is 5.21 Å². The number of quaternary nitrogens is 1. The van der Waals surface area contributed by atoms with Crippen LogP contribution < -0.4 is 5.06 Å². The molecule has 88 valence electrons. The van der Waals surface area contributed by atoms with E-state index in [9.17, 15) is 5.21 Å². The molecule has 0 saturated carbocycles. The first kappa shape index (κ1) is 11.8. The van der Waals surface area contributed by atoms with Crippen LogP contribution in [0.4, 0.5) is 5.69 Å². The first-order chi connectivity index (χ1) is 8.22. The second kappa shape index (κ2) is 5.13. The maximum absolute atomic E-state index is 11.6. The van der Waals surface area contributed by atoms with Crippen LogP contribution in [0.5, 0.6) is 0 Å². The highest BCUT2D eigenvalue weighted by Gasteiger charge is 2.07. The molecule has 0 aliphatic carbocycles. The standard InChI is InChI=1S/C15H17NO/c1-3-12-8-10-13(11-9-12)14-6-4-5-7-15(14)16(2)17/h4-11,16H,3H2,1-2H3. The molecule has 1 unspecified atom stereocenters. The van der Waals surface area contributed by atoms with Gasteiger partial charge >= 0.3 is 0 Å². The topological polar surface area (TPSA) is 27.5 Å². The molecular weight excluding hydrogens is 210 g/mol. The molecule has 0 amide bonds. The van der Waals surface area contributed by atoms with E-state index in [1.165, 1.54) is 5.56 Å². The Labute approximate surface area is 102 Å². The van der Waals surface area contributed by atoms with Gasteiger partial charge in [-0.2, -0.15) is 0 Å². The van der Waals surface area contributed by atoms with E-state index in [2.05, 4.69) is 31.2 Å². The van der Waals surface area contributed by atoms with Crippen LogP contribution in [0.15, 0.2) is 48.5 Å². The Morgan fingerprint density at radius 1 is 1.00 bits per heavy atom. The number of hydrogen-bond acceptors (Lipinski definition) is 1. The summed E-state index contributed by atoms with van der Waals surface area (Å²) in [5, 5.41) is 11.7. The highest BCUT2D eigenvalue weighted by molar-refractivity contribution is 5.73. The number of hydrogen-bond donors (Lipinski definition) is 1. The van der Waals surface area contributed by atoms with Crippen LogP contribution in [0.3, 0.4) is 0 Å². The van der Waals surface area contributed by atoms with Gasteiger partial charge in [0, 0.05) is 5.56 Å². The van der Waals surface area contributed by atoms with Crippen molar-refractivity contribution in [2.75, 3.05) is 7.05 Å². The Balaban J connectivity index is 2.45. The van der Waals surface area contributed by atoms with E-state index < -0.39 is 0 Å². The average molecular weight is 227 g/mol. The van der Waals surface area contributed by atoms with E-state index >= 15 is 0 Å². The van der Waals surface area contributed by atoms with Gasteiger partial charge in [0.1, 0.15) is 5.69 Å². The molecular formula is C15H17NO. The molecule has 0 radical (unpaired) electrons. The minimum Gasteiger partial charge on any atom is -0.629 e. The summed E-state index contributed by atoms with van der Waals surface area (Å²) in [4.78, 5) is 0. The summed E-state index contributed by atoms with van der Waals surface area (Å²) in [6, 6.07) is 16.2. The minimum atomic E-state index is 0.111. The molecule has 0 spiro atoms.